The number of thioether (sulfide) groups is 1. The number of carbonyl (C=O) groups is 1. The molecule has 0 aromatic heterocycles. The highest BCUT2D eigenvalue weighted by molar-refractivity contribution is 9.10. The van der Waals surface area contributed by atoms with Crippen molar-refractivity contribution in [3.05, 3.63) is 28.2 Å². The number of hydrogen-bond acceptors (Lipinski definition) is 3. The summed E-state index contributed by atoms with van der Waals surface area (Å²) in [4.78, 5) is 12.0. The number of anilines is 1. The van der Waals surface area contributed by atoms with Gasteiger partial charge in [-0.25, -0.2) is 0 Å². The third-order valence-electron chi connectivity index (χ3n) is 3.15. The monoisotopic (exact) mass is 328 g/mol. The van der Waals surface area contributed by atoms with E-state index in [4.69, 9.17) is 5.73 Å². The van der Waals surface area contributed by atoms with Crippen molar-refractivity contribution in [3.8, 4) is 0 Å². The average molecular weight is 329 g/mol. The number of benzene rings is 1. The zero-order valence-electron chi connectivity index (χ0n) is 10.1. The second kappa shape index (κ2) is 6.48. The van der Waals surface area contributed by atoms with Gasteiger partial charge >= 0.3 is 0 Å². The van der Waals surface area contributed by atoms with Crippen LogP contribution in [0.15, 0.2) is 22.7 Å². The molecule has 1 aliphatic heterocycles. The molecule has 1 fully saturated rings. The molecule has 1 aliphatic rings. The number of nitrogens with one attached hydrogen (secondary N) is 1. The van der Waals surface area contributed by atoms with E-state index in [9.17, 15) is 4.79 Å². The predicted octanol–water partition coefficient (Wildman–Crippen LogP) is 2.90. The van der Waals surface area contributed by atoms with Gasteiger partial charge in [0, 0.05) is 16.7 Å². The molecule has 98 valence electrons. The van der Waals surface area contributed by atoms with Crippen LogP contribution in [0.25, 0.3) is 0 Å². The number of amides is 1. The van der Waals surface area contributed by atoms with E-state index in [2.05, 4.69) is 21.2 Å². The fraction of sp³-hybridized carbons (Fsp3) is 0.462. The van der Waals surface area contributed by atoms with Crippen molar-refractivity contribution in [2.24, 2.45) is 5.92 Å². The Hall–Kier alpha value is -0.680. The highest BCUT2D eigenvalue weighted by Crippen LogP contribution is 2.22. The lowest BCUT2D eigenvalue weighted by Gasteiger charge is -2.21. The quantitative estimate of drug-likeness (QED) is 0.839. The molecule has 1 heterocycles. The van der Waals surface area contributed by atoms with Gasteiger partial charge < -0.3 is 11.1 Å². The molecule has 5 heteroatoms. The summed E-state index contributed by atoms with van der Waals surface area (Å²) < 4.78 is 0.890. The molecule has 1 aromatic rings. The molecule has 3 nitrogen and oxygen atoms in total. The van der Waals surface area contributed by atoms with Crippen LogP contribution in [-0.4, -0.2) is 24.0 Å². The maximum atomic E-state index is 12.0. The normalized spacial score (nSPS) is 16.5. The minimum Gasteiger partial charge on any atom is -0.398 e. The van der Waals surface area contributed by atoms with Crippen LogP contribution in [0.1, 0.15) is 23.2 Å². The van der Waals surface area contributed by atoms with Gasteiger partial charge in [0.25, 0.3) is 5.91 Å². The highest BCUT2D eigenvalue weighted by Gasteiger charge is 2.16. The molecule has 2 rings (SSSR count). The zero-order valence-corrected chi connectivity index (χ0v) is 12.5. The van der Waals surface area contributed by atoms with Crippen LogP contribution in [0.2, 0.25) is 0 Å². The summed E-state index contributed by atoms with van der Waals surface area (Å²) in [7, 11) is 0. The summed E-state index contributed by atoms with van der Waals surface area (Å²) in [5.41, 5.74) is 6.91. The number of carbonyl (C=O) groups excluding carboxylic acids is 1. The largest absolute Gasteiger partial charge is 0.398 e. The van der Waals surface area contributed by atoms with Gasteiger partial charge in [-0.2, -0.15) is 11.8 Å². The number of halogens is 1. The molecule has 0 bridgehead atoms. The standard InChI is InChI=1S/C13H17BrN2OS/c14-10-1-2-11(12(15)7-10)13(17)16-8-9-3-5-18-6-4-9/h1-2,7,9H,3-6,8,15H2,(H,16,17). The first kappa shape index (κ1) is 13.7. The van der Waals surface area contributed by atoms with E-state index < -0.39 is 0 Å². The van der Waals surface area contributed by atoms with Crippen molar-refractivity contribution in [1.82, 2.24) is 5.32 Å². The third-order valence-corrected chi connectivity index (χ3v) is 4.69. The van der Waals surface area contributed by atoms with E-state index in [-0.39, 0.29) is 5.91 Å². The van der Waals surface area contributed by atoms with Crippen LogP contribution >= 0.6 is 27.7 Å². The molecule has 0 spiro atoms. The molecular weight excluding hydrogens is 312 g/mol. The molecule has 18 heavy (non-hydrogen) atoms. The summed E-state index contributed by atoms with van der Waals surface area (Å²) in [6.07, 6.45) is 2.39. The molecule has 1 saturated heterocycles. The maximum absolute atomic E-state index is 12.0. The van der Waals surface area contributed by atoms with E-state index in [1.165, 1.54) is 24.3 Å². The lowest BCUT2D eigenvalue weighted by Crippen LogP contribution is -2.31. The lowest BCUT2D eigenvalue weighted by atomic mass is 10.0. The molecule has 0 radical (unpaired) electrons. The summed E-state index contributed by atoms with van der Waals surface area (Å²) in [6, 6.07) is 5.35. The Balaban J connectivity index is 1.90. The van der Waals surface area contributed by atoms with Gasteiger partial charge in [-0.05, 0) is 48.5 Å². The van der Waals surface area contributed by atoms with E-state index in [0.717, 1.165) is 11.0 Å². The summed E-state index contributed by atoms with van der Waals surface area (Å²) in [5, 5.41) is 2.99. The molecule has 0 aliphatic carbocycles. The molecule has 3 N–H and O–H groups in total. The molecule has 1 aromatic carbocycles. The Labute approximate surface area is 120 Å². The van der Waals surface area contributed by atoms with E-state index >= 15 is 0 Å². The first-order valence-electron chi connectivity index (χ1n) is 6.08. The smallest absolute Gasteiger partial charge is 0.253 e. The van der Waals surface area contributed by atoms with E-state index in [0.29, 0.717) is 17.2 Å². The second-order valence-electron chi connectivity index (χ2n) is 4.50. The van der Waals surface area contributed by atoms with Gasteiger partial charge in [0.2, 0.25) is 0 Å². The third kappa shape index (κ3) is 3.65. The maximum Gasteiger partial charge on any atom is 0.253 e. The number of hydrogen-bond donors (Lipinski definition) is 2. The Bertz CT molecular complexity index is 433. The van der Waals surface area contributed by atoms with Crippen molar-refractivity contribution >= 4 is 39.3 Å². The molecule has 0 unspecified atom stereocenters. The van der Waals surface area contributed by atoms with Gasteiger partial charge in [0.05, 0.1) is 5.56 Å². The summed E-state index contributed by atoms with van der Waals surface area (Å²) in [6.45, 7) is 0.759. The van der Waals surface area contributed by atoms with Crippen molar-refractivity contribution in [2.45, 2.75) is 12.8 Å². The fourth-order valence-corrected chi connectivity index (χ4v) is 3.61. The van der Waals surface area contributed by atoms with Crippen molar-refractivity contribution in [2.75, 3.05) is 23.8 Å². The van der Waals surface area contributed by atoms with Crippen LogP contribution in [0.4, 0.5) is 5.69 Å². The highest BCUT2D eigenvalue weighted by atomic mass is 79.9. The van der Waals surface area contributed by atoms with Gasteiger partial charge in [-0.15, -0.1) is 0 Å². The minimum absolute atomic E-state index is 0.0711. The van der Waals surface area contributed by atoms with Crippen LogP contribution in [0.5, 0.6) is 0 Å². The number of nitrogens with two attached hydrogens (primary N) is 1. The van der Waals surface area contributed by atoms with Crippen LogP contribution in [0.3, 0.4) is 0 Å². The fourth-order valence-electron chi connectivity index (χ4n) is 2.02. The van der Waals surface area contributed by atoms with E-state index in [1.807, 2.05) is 17.8 Å². The van der Waals surface area contributed by atoms with Gasteiger partial charge in [-0.3, -0.25) is 4.79 Å². The number of rotatable bonds is 3. The zero-order chi connectivity index (χ0) is 13.0. The van der Waals surface area contributed by atoms with Crippen molar-refractivity contribution < 1.29 is 4.79 Å². The Kier molecular flexibility index (Phi) is 4.95. The lowest BCUT2D eigenvalue weighted by molar-refractivity contribution is 0.0947. The SMILES string of the molecule is Nc1cc(Br)ccc1C(=O)NCC1CCSCC1. The predicted molar refractivity (Wildman–Crippen MR) is 80.9 cm³/mol. The topological polar surface area (TPSA) is 55.1 Å². The van der Waals surface area contributed by atoms with Gasteiger partial charge in [0.1, 0.15) is 0 Å². The minimum atomic E-state index is -0.0711. The molecular formula is C13H17BrN2OS. The van der Waals surface area contributed by atoms with Gasteiger partial charge in [-0.1, -0.05) is 15.9 Å². The Morgan fingerprint density at radius 2 is 2.17 bits per heavy atom. The van der Waals surface area contributed by atoms with Crippen molar-refractivity contribution in [1.29, 1.82) is 0 Å². The molecule has 1 amide bonds. The second-order valence-corrected chi connectivity index (χ2v) is 6.64. The van der Waals surface area contributed by atoms with Crippen LogP contribution in [0, 0.1) is 5.92 Å². The van der Waals surface area contributed by atoms with Crippen LogP contribution < -0.4 is 11.1 Å². The van der Waals surface area contributed by atoms with Gasteiger partial charge in [0.15, 0.2) is 0 Å². The summed E-state index contributed by atoms with van der Waals surface area (Å²) >= 11 is 5.33. The first-order valence-corrected chi connectivity index (χ1v) is 8.02. The first-order chi connectivity index (χ1) is 8.66. The molecule has 0 atom stereocenters. The van der Waals surface area contributed by atoms with E-state index in [1.54, 1.807) is 12.1 Å². The number of nitrogen functional groups attached to an aromatic ring is 1. The Morgan fingerprint density at radius 3 is 2.83 bits per heavy atom. The van der Waals surface area contributed by atoms with Crippen LogP contribution in [-0.2, 0) is 0 Å². The Morgan fingerprint density at radius 1 is 1.44 bits per heavy atom. The molecule has 0 saturated carbocycles. The average Bonchev–Trinajstić information content (AvgIpc) is 2.37. The van der Waals surface area contributed by atoms with Crippen molar-refractivity contribution in [3.63, 3.8) is 0 Å². The summed E-state index contributed by atoms with van der Waals surface area (Å²) in [5.74, 6) is 2.96.